The van der Waals surface area contributed by atoms with Crippen molar-refractivity contribution in [2.75, 3.05) is 13.2 Å². The Kier molecular flexibility index (Phi) is 8.19. The molecule has 1 aromatic heterocycles. The van der Waals surface area contributed by atoms with Crippen molar-refractivity contribution in [2.45, 2.75) is 37.0 Å². The van der Waals surface area contributed by atoms with E-state index in [-0.39, 0.29) is 18.0 Å². The lowest BCUT2D eigenvalue weighted by atomic mass is 9.80. The van der Waals surface area contributed by atoms with Crippen molar-refractivity contribution in [3.8, 4) is 5.75 Å². The number of pyridine rings is 1. The van der Waals surface area contributed by atoms with Crippen LogP contribution in [-0.2, 0) is 16.7 Å². The number of rotatable bonds is 9. The molecule has 3 aromatic rings. The summed E-state index contributed by atoms with van der Waals surface area (Å²) in [5.74, 6) is -0.499. The van der Waals surface area contributed by atoms with Crippen molar-refractivity contribution < 1.29 is 31.8 Å². The number of alkyl halides is 4. The number of hydrogen-bond donors (Lipinski definition) is 2. The smallest absolute Gasteiger partial charge is 0.428 e. The van der Waals surface area contributed by atoms with Gasteiger partial charge in [0.05, 0.1) is 23.4 Å². The van der Waals surface area contributed by atoms with Crippen LogP contribution in [0.15, 0.2) is 72.9 Å². The summed E-state index contributed by atoms with van der Waals surface area (Å²) in [5, 5.41) is 6.17. The minimum absolute atomic E-state index is 0.145. The zero-order valence-corrected chi connectivity index (χ0v) is 20.2. The molecule has 6 nitrogen and oxygen atoms in total. The summed E-state index contributed by atoms with van der Waals surface area (Å²) in [6, 6.07) is 16.8. The number of hydrogen-bond acceptors (Lipinski definition) is 4. The van der Waals surface area contributed by atoms with E-state index in [0.29, 0.717) is 30.4 Å². The number of nitrogens with zero attached hydrogens (tertiary/aromatic N) is 1. The number of amides is 2. The monoisotopic (exact) mass is 537 g/mol. The molecule has 2 atom stereocenters. The van der Waals surface area contributed by atoms with Gasteiger partial charge in [-0.15, -0.1) is 0 Å². The Morgan fingerprint density at radius 1 is 1.14 bits per heavy atom. The number of urea groups is 1. The van der Waals surface area contributed by atoms with Crippen LogP contribution in [0.25, 0.3) is 0 Å². The minimum atomic E-state index is -4.70. The maximum absolute atomic E-state index is 13.7. The van der Waals surface area contributed by atoms with Crippen LogP contribution < -0.4 is 15.4 Å². The van der Waals surface area contributed by atoms with Crippen LogP contribution in [0.3, 0.4) is 0 Å². The molecule has 0 bridgehead atoms. The third-order valence-electron chi connectivity index (χ3n) is 5.90. The molecule has 1 aliphatic rings. The first-order valence-corrected chi connectivity index (χ1v) is 11.8. The summed E-state index contributed by atoms with van der Waals surface area (Å²) < 4.78 is 62.8. The van der Waals surface area contributed by atoms with Crippen LogP contribution >= 0.6 is 11.6 Å². The lowest BCUT2D eigenvalue weighted by molar-refractivity contribution is -0.253. The summed E-state index contributed by atoms with van der Waals surface area (Å²) in [7, 11) is 0. The highest BCUT2D eigenvalue weighted by molar-refractivity contribution is 6.30. The molecule has 37 heavy (non-hydrogen) atoms. The minimum Gasteiger partial charge on any atom is -0.428 e. The normalized spacial score (nSPS) is 17.3. The van der Waals surface area contributed by atoms with Gasteiger partial charge in [0, 0.05) is 19.2 Å². The van der Waals surface area contributed by atoms with E-state index >= 15 is 0 Å². The van der Waals surface area contributed by atoms with Crippen LogP contribution in [-0.4, -0.2) is 42.8 Å². The molecule has 2 heterocycles. The molecular weight excluding hydrogens is 514 g/mol. The molecule has 1 saturated heterocycles. The summed E-state index contributed by atoms with van der Waals surface area (Å²) >= 11 is 6.06. The Morgan fingerprint density at radius 3 is 2.57 bits per heavy atom. The van der Waals surface area contributed by atoms with Crippen LogP contribution in [0.1, 0.15) is 23.2 Å². The Labute approximate surface area is 215 Å². The molecule has 0 spiro atoms. The van der Waals surface area contributed by atoms with Gasteiger partial charge in [0.1, 0.15) is 11.3 Å². The fourth-order valence-electron chi connectivity index (χ4n) is 4.14. The van der Waals surface area contributed by atoms with Crippen LogP contribution in [0.4, 0.5) is 22.4 Å². The number of nitrogens with one attached hydrogen (secondary N) is 2. The highest BCUT2D eigenvalue weighted by Crippen LogP contribution is 2.36. The molecule has 2 aromatic carbocycles. The van der Waals surface area contributed by atoms with Gasteiger partial charge >= 0.3 is 18.6 Å². The van der Waals surface area contributed by atoms with E-state index in [9.17, 15) is 22.4 Å². The molecule has 1 fully saturated rings. The van der Waals surface area contributed by atoms with Gasteiger partial charge in [0.15, 0.2) is 0 Å². The predicted octanol–water partition coefficient (Wildman–Crippen LogP) is 5.55. The predicted molar refractivity (Wildman–Crippen MR) is 129 cm³/mol. The third-order valence-corrected chi connectivity index (χ3v) is 6.13. The summed E-state index contributed by atoms with van der Waals surface area (Å²) in [6.07, 6.45) is -6.56. The summed E-state index contributed by atoms with van der Waals surface area (Å²) in [5.41, 5.74) is -0.00879. The van der Waals surface area contributed by atoms with Crippen molar-refractivity contribution in [3.63, 3.8) is 0 Å². The summed E-state index contributed by atoms with van der Waals surface area (Å²) in [6.45, 7) is 0.862. The number of carbonyl (C=O) groups excluding carboxylic acids is 1. The van der Waals surface area contributed by atoms with Crippen LogP contribution in [0, 0.1) is 0 Å². The molecular formula is C26H24ClF4N3O3. The molecule has 2 amide bonds. The van der Waals surface area contributed by atoms with Gasteiger partial charge in [-0.05, 0) is 41.8 Å². The van der Waals surface area contributed by atoms with E-state index in [1.807, 2.05) is 30.3 Å². The fraction of sp³-hybridized carbons (Fsp3) is 0.308. The summed E-state index contributed by atoms with van der Waals surface area (Å²) in [4.78, 5) is 17.7. The first kappa shape index (κ1) is 26.7. The number of ether oxygens (including phenoxy) is 2. The number of benzene rings is 2. The Hall–Kier alpha value is -3.37. The van der Waals surface area contributed by atoms with E-state index < -0.39 is 29.9 Å². The van der Waals surface area contributed by atoms with Crippen molar-refractivity contribution in [1.82, 2.24) is 15.6 Å². The molecule has 196 valence electrons. The Morgan fingerprint density at radius 2 is 1.92 bits per heavy atom. The van der Waals surface area contributed by atoms with Gasteiger partial charge in [0.2, 0.25) is 0 Å². The topological polar surface area (TPSA) is 72.5 Å². The molecule has 0 unspecified atom stereocenters. The Bertz CT molecular complexity index is 1200. The lowest BCUT2D eigenvalue weighted by Gasteiger charge is -2.36. The largest absolute Gasteiger partial charge is 0.461 e. The first-order chi connectivity index (χ1) is 17.7. The van der Waals surface area contributed by atoms with Gasteiger partial charge < -0.3 is 20.1 Å². The second kappa shape index (κ2) is 11.4. The van der Waals surface area contributed by atoms with Crippen LogP contribution in [0.5, 0.6) is 5.75 Å². The molecule has 2 N–H and O–H groups in total. The van der Waals surface area contributed by atoms with E-state index in [2.05, 4.69) is 20.4 Å². The Balaban J connectivity index is 1.82. The number of carbonyl (C=O) groups is 1. The first-order valence-electron chi connectivity index (χ1n) is 11.5. The van der Waals surface area contributed by atoms with Crippen molar-refractivity contribution in [3.05, 3.63) is 94.8 Å². The molecule has 11 heteroatoms. The zero-order valence-electron chi connectivity index (χ0n) is 19.5. The SMILES string of the molecule is O=C(N[C@@H]1CCOC1)N[C@@](Cc1ccccc1)(c1cccc(OC(F)(F)C(F)F)c1)c1ccc(Cl)cn1. The van der Waals surface area contributed by atoms with Gasteiger partial charge in [-0.25, -0.2) is 4.79 Å². The highest BCUT2D eigenvalue weighted by atomic mass is 35.5. The number of aromatic nitrogens is 1. The molecule has 0 radical (unpaired) electrons. The van der Waals surface area contributed by atoms with Crippen molar-refractivity contribution in [2.24, 2.45) is 0 Å². The van der Waals surface area contributed by atoms with Crippen molar-refractivity contribution in [1.29, 1.82) is 0 Å². The molecule has 4 rings (SSSR count). The van der Waals surface area contributed by atoms with Crippen molar-refractivity contribution >= 4 is 17.6 Å². The second-order valence-corrected chi connectivity index (χ2v) is 9.02. The maximum Gasteiger partial charge on any atom is 0.461 e. The molecule has 0 saturated carbocycles. The van der Waals surface area contributed by atoms with E-state index in [1.54, 1.807) is 18.2 Å². The quantitative estimate of drug-likeness (QED) is 0.351. The average Bonchev–Trinajstić information content (AvgIpc) is 3.37. The van der Waals surface area contributed by atoms with E-state index in [4.69, 9.17) is 16.3 Å². The zero-order chi connectivity index (χ0) is 26.5. The molecule has 1 aliphatic heterocycles. The van der Waals surface area contributed by atoms with E-state index in [0.717, 1.165) is 11.6 Å². The third kappa shape index (κ3) is 6.50. The van der Waals surface area contributed by atoms with Gasteiger partial charge in [-0.2, -0.15) is 17.6 Å². The maximum atomic E-state index is 13.7. The fourth-order valence-corrected chi connectivity index (χ4v) is 4.25. The van der Waals surface area contributed by atoms with Gasteiger partial charge in [-0.1, -0.05) is 54.1 Å². The van der Waals surface area contributed by atoms with E-state index in [1.165, 1.54) is 18.3 Å². The standard InChI is InChI=1S/C26H24ClF4N3O3/c27-19-9-10-22(32-15-19)25(14-17-5-2-1-3-6-17,34-24(35)33-20-11-12-36-16-20)18-7-4-8-21(13-18)37-26(30,31)23(28)29/h1-10,13,15,20,23H,11-12,14,16H2,(H2,33,34,35)/t20-,25+/m1/s1. The highest BCUT2D eigenvalue weighted by Gasteiger charge is 2.45. The average molecular weight is 538 g/mol. The number of halogens is 5. The second-order valence-electron chi connectivity index (χ2n) is 8.58. The lowest BCUT2D eigenvalue weighted by Crippen LogP contribution is -2.54. The van der Waals surface area contributed by atoms with Gasteiger partial charge in [0.25, 0.3) is 0 Å². The van der Waals surface area contributed by atoms with Crippen LogP contribution in [0.2, 0.25) is 5.02 Å². The molecule has 0 aliphatic carbocycles. The van der Waals surface area contributed by atoms with Gasteiger partial charge in [-0.3, -0.25) is 4.98 Å².